The summed E-state index contributed by atoms with van der Waals surface area (Å²) in [6.45, 7) is 4.07. The molecule has 0 rings (SSSR count). The van der Waals surface area contributed by atoms with Crippen LogP contribution in [0.2, 0.25) is 0 Å². The van der Waals surface area contributed by atoms with Crippen molar-refractivity contribution < 1.29 is 24.2 Å². The average Bonchev–Trinajstić information content (AvgIpc) is 3.40. The quantitative estimate of drug-likeness (QED) is 0.0373. The van der Waals surface area contributed by atoms with Crippen molar-refractivity contribution >= 4 is 11.9 Å². The molecule has 1 unspecified atom stereocenters. The Kier molecular flexibility index (Phi) is 62.3. The zero-order valence-corrected chi connectivity index (χ0v) is 49.4. The third kappa shape index (κ3) is 61.9. The Hall–Kier alpha value is -2.66. The van der Waals surface area contributed by atoms with Crippen molar-refractivity contribution in [3.63, 3.8) is 0 Å². The molecular formula is C69H124O5. The minimum atomic E-state index is -0.774. The fourth-order valence-electron chi connectivity index (χ4n) is 9.68. The molecule has 0 aromatic heterocycles. The lowest BCUT2D eigenvalue weighted by atomic mass is 10.0. The molecule has 0 saturated carbocycles. The smallest absolute Gasteiger partial charge is 0.306 e. The van der Waals surface area contributed by atoms with E-state index in [0.717, 1.165) is 77.0 Å². The molecule has 0 spiro atoms. The number of ether oxygens (including phenoxy) is 2. The van der Waals surface area contributed by atoms with Gasteiger partial charge in [0.25, 0.3) is 0 Å². The van der Waals surface area contributed by atoms with E-state index >= 15 is 0 Å². The van der Waals surface area contributed by atoms with E-state index in [9.17, 15) is 14.7 Å². The number of esters is 2. The standard InChI is InChI=1S/C69H124O5/c1-3-5-7-9-11-13-15-17-19-21-23-25-27-29-31-32-33-34-35-36-38-40-42-44-46-48-50-52-54-56-58-60-62-64-69(72)74-67(65-70)66-73-68(71)63-61-59-57-55-53-51-49-47-45-43-41-39-37-30-28-26-24-22-20-18-16-14-12-10-8-6-4-2/h5,7,11,13,17,19,23,25,29,31,33-34,67,70H,3-4,6,8-10,12,14-16,18,20-22,24,26-28,30,32,35-66H2,1-2H3/b7-5-,13-11-,19-17-,25-23-,31-29-,34-33-. The predicted molar refractivity (Wildman–Crippen MR) is 325 cm³/mol. The van der Waals surface area contributed by atoms with Crippen LogP contribution < -0.4 is 0 Å². The minimum absolute atomic E-state index is 0.0632. The monoisotopic (exact) mass is 1030 g/mol. The van der Waals surface area contributed by atoms with Crippen LogP contribution in [0.5, 0.6) is 0 Å². The lowest BCUT2D eigenvalue weighted by molar-refractivity contribution is -0.161. The number of hydrogen-bond donors (Lipinski definition) is 1. The van der Waals surface area contributed by atoms with Gasteiger partial charge >= 0.3 is 11.9 Å². The molecule has 0 fully saturated rings. The molecule has 430 valence electrons. The maximum atomic E-state index is 12.3. The number of unbranched alkanes of at least 4 members (excludes halogenated alkanes) is 40. The molecular weight excluding hydrogens is 909 g/mol. The molecule has 1 atom stereocenters. The maximum absolute atomic E-state index is 12.3. The summed E-state index contributed by atoms with van der Waals surface area (Å²) in [5.41, 5.74) is 0. The van der Waals surface area contributed by atoms with Gasteiger partial charge in [-0.25, -0.2) is 0 Å². The minimum Gasteiger partial charge on any atom is -0.462 e. The van der Waals surface area contributed by atoms with Crippen LogP contribution in [-0.2, 0) is 19.1 Å². The first-order valence-electron chi connectivity index (χ1n) is 32.5. The lowest BCUT2D eigenvalue weighted by Crippen LogP contribution is -2.28. The summed E-state index contributed by atoms with van der Waals surface area (Å²) in [6.07, 6.45) is 89.1. The number of allylic oxidation sites excluding steroid dienone is 12. The van der Waals surface area contributed by atoms with Crippen LogP contribution in [0.4, 0.5) is 0 Å². The first-order valence-corrected chi connectivity index (χ1v) is 32.5. The van der Waals surface area contributed by atoms with Crippen molar-refractivity contribution in [2.45, 2.75) is 341 Å². The van der Waals surface area contributed by atoms with E-state index in [1.54, 1.807) is 0 Å². The Labute approximate surface area is 461 Å². The van der Waals surface area contributed by atoms with Crippen molar-refractivity contribution in [2.75, 3.05) is 13.2 Å². The number of hydrogen-bond acceptors (Lipinski definition) is 5. The summed E-state index contributed by atoms with van der Waals surface area (Å²) in [6, 6.07) is 0. The summed E-state index contributed by atoms with van der Waals surface area (Å²) in [5.74, 6) is -0.575. The van der Waals surface area contributed by atoms with E-state index in [1.807, 2.05) is 0 Å². The fraction of sp³-hybridized carbons (Fsp3) is 0.797. The van der Waals surface area contributed by atoms with E-state index in [4.69, 9.17) is 9.47 Å². The van der Waals surface area contributed by atoms with Gasteiger partial charge in [0.05, 0.1) is 6.61 Å². The van der Waals surface area contributed by atoms with Crippen LogP contribution >= 0.6 is 0 Å². The number of rotatable bonds is 60. The molecule has 0 radical (unpaired) electrons. The molecule has 0 saturated heterocycles. The highest BCUT2D eigenvalue weighted by Crippen LogP contribution is 2.18. The molecule has 74 heavy (non-hydrogen) atoms. The normalized spacial score (nSPS) is 12.6. The van der Waals surface area contributed by atoms with E-state index < -0.39 is 6.10 Å². The molecule has 1 N–H and O–H groups in total. The lowest BCUT2D eigenvalue weighted by Gasteiger charge is -2.15. The zero-order valence-electron chi connectivity index (χ0n) is 49.4. The largest absolute Gasteiger partial charge is 0.462 e. The van der Waals surface area contributed by atoms with Gasteiger partial charge in [0.2, 0.25) is 0 Å². The summed E-state index contributed by atoms with van der Waals surface area (Å²) in [5, 5.41) is 9.69. The number of carbonyl (C=O) groups is 2. The van der Waals surface area contributed by atoms with Gasteiger partial charge in [-0.2, -0.15) is 0 Å². The van der Waals surface area contributed by atoms with Crippen LogP contribution in [-0.4, -0.2) is 36.4 Å². The van der Waals surface area contributed by atoms with Crippen molar-refractivity contribution in [2.24, 2.45) is 0 Å². The highest BCUT2D eigenvalue weighted by atomic mass is 16.6. The average molecular weight is 1030 g/mol. The van der Waals surface area contributed by atoms with Crippen LogP contribution in [0.1, 0.15) is 335 Å². The van der Waals surface area contributed by atoms with Gasteiger partial charge in [-0.3, -0.25) is 9.59 Å². The summed E-state index contributed by atoms with van der Waals surface area (Å²) in [4.78, 5) is 24.6. The first kappa shape index (κ1) is 71.3. The third-order valence-corrected chi connectivity index (χ3v) is 14.5. The molecule has 0 heterocycles. The third-order valence-electron chi connectivity index (χ3n) is 14.5. The predicted octanol–water partition coefficient (Wildman–Crippen LogP) is 22.3. The molecule has 0 bridgehead atoms. The number of carbonyl (C=O) groups excluding carboxylic acids is 2. The molecule has 0 aliphatic heterocycles. The Bertz CT molecular complexity index is 1310. The van der Waals surface area contributed by atoms with Gasteiger partial charge in [0, 0.05) is 12.8 Å². The Morgan fingerprint density at radius 2 is 0.581 bits per heavy atom. The Morgan fingerprint density at radius 1 is 0.324 bits per heavy atom. The van der Waals surface area contributed by atoms with Crippen molar-refractivity contribution in [1.29, 1.82) is 0 Å². The molecule has 0 aliphatic carbocycles. The van der Waals surface area contributed by atoms with Gasteiger partial charge in [0.15, 0.2) is 6.10 Å². The fourth-order valence-corrected chi connectivity index (χ4v) is 9.68. The highest BCUT2D eigenvalue weighted by Gasteiger charge is 2.16. The van der Waals surface area contributed by atoms with Crippen molar-refractivity contribution in [3.8, 4) is 0 Å². The van der Waals surface area contributed by atoms with E-state index in [1.165, 1.54) is 231 Å². The van der Waals surface area contributed by atoms with Crippen LogP contribution in [0.25, 0.3) is 0 Å². The molecule has 0 aliphatic rings. The second-order valence-electron chi connectivity index (χ2n) is 21.8. The topological polar surface area (TPSA) is 72.8 Å². The van der Waals surface area contributed by atoms with Gasteiger partial charge in [0.1, 0.15) is 6.61 Å². The Balaban J connectivity index is 3.45. The van der Waals surface area contributed by atoms with Crippen LogP contribution in [0, 0.1) is 0 Å². The van der Waals surface area contributed by atoms with Gasteiger partial charge in [-0.15, -0.1) is 0 Å². The Morgan fingerprint density at radius 3 is 0.878 bits per heavy atom. The van der Waals surface area contributed by atoms with Gasteiger partial charge < -0.3 is 14.6 Å². The summed E-state index contributed by atoms with van der Waals surface area (Å²) < 4.78 is 10.7. The maximum Gasteiger partial charge on any atom is 0.306 e. The second-order valence-corrected chi connectivity index (χ2v) is 21.8. The molecule has 0 aromatic carbocycles. The van der Waals surface area contributed by atoms with Gasteiger partial charge in [-0.1, -0.05) is 331 Å². The zero-order chi connectivity index (χ0) is 53.4. The van der Waals surface area contributed by atoms with Crippen molar-refractivity contribution in [3.05, 3.63) is 72.9 Å². The SMILES string of the molecule is CC/C=C\C/C=C\C/C=C\C/C=C\C/C=C\C/C=C\CCCCCCCCCCCCCCCCC(=O)OC(CO)COC(=O)CCCCCCCCCCCCCCCCCCCCCCCCCCCCC. The highest BCUT2D eigenvalue weighted by molar-refractivity contribution is 5.70. The van der Waals surface area contributed by atoms with E-state index in [2.05, 4.69) is 86.8 Å². The molecule has 0 amide bonds. The molecule has 5 heteroatoms. The number of aliphatic hydroxyl groups is 1. The molecule has 5 nitrogen and oxygen atoms in total. The van der Waals surface area contributed by atoms with Crippen LogP contribution in [0.3, 0.4) is 0 Å². The van der Waals surface area contributed by atoms with Gasteiger partial charge in [-0.05, 0) is 64.2 Å². The summed E-state index contributed by atoms with van der Waals surface area (Å²) >= 11 is 0. The van der Waals surface area contributed by atoms with Crippen LogP contribution in [0.15, 0.2) is 72.9 Å². The van der Waals surface area contributed by atoms with Crippen molar-refractivity contribution in [1.82, 2.24) is 0 Å². The molecule has 0 aromatic rings. The first-order chi connectivity index (χ1) is 36.6. The summed E-state index contributed by atoms with van der Waals surface area (Å²) in [7, 11) is 0. The second kappa shape index (κ2) is 64.6. The number of aliphatic hydroxyl groups excluding tert-OH is 1. The van der Waals surface area contributed by atoms with E-state index in [-0.39, 0.29) is 25.2 Å². The van der Waals surface area contributed by atoms with E-state index in [0.29, 0.717) is 12.8 Å².